The molecule has 1 aromatic carbocycles. The molecule has 3 aromatic rings. The minimum absolute atomic E-state index is 0.126. The zero-order valence-corrected chi connectivity index (χ0v) is 17.8. The van der Waals surface area contributed by atoms with Gasteiger partial charge in [0.15, 0.2) is 0 Å². The molecule has 174 valence electrons. The van der Waals surface area contributed by atoms with Gasteiger partial charge in [-0.1, -0.05) is 19.1 Å². The number of rotatable bonds is 5. The quantitative estimate of drug-likeness (QED) is 0.624. The molecule has 0 bridgehead atoms. The Hall–Kier alpha value is -3.70. The molecule has 0 radical (unpaired) electrons. The maximum absolute atomic E-state index is 13.2. The summed E-state index contributed by atoms with van der Waals surface area (Å²) in [7, 11) is 0. The van der Waals surface area contributed by atoms with Gasteiger partial charge in [-0.2, -0.15) is 18.3 Å². The van der Waals surface area contributed by atoms with Crippen LogP contribution in [0.5, 0.6) is 0 Å². The molecule has 2 aromatic heterocycles. The monoisotopic (exact) mass is 461 g/mol. The number of nitrogens with zero attached hydrogens (tertiary/aromatic N) is 6. The third kappa shape index (κ3) is 4.45. The molecule has 1 atom stereocenters. The van der Waals surface area contributed by atoms with Crippen molar-refractivity contribution in [2.45, 2.75) is 25.6 Å². The van der Waals surface area contributed by atoms with E-state index in [0.29, 0.717) is 49.1 Å². The van der Waals surface area contributed by atoms with Crippen molar-refractivity contribution >= 4 is 28.7 Å². The fourth-order valence-electron chi connectivity index (χ4n) is 3.87. The smallest absolute Gasteiger partial charge is 0.366 e. The summed E-state index contributed by atoms with van der Waals surface area (Å²) in [4.78, 5) is 36.0. The highest BCUT2D eigenvalue weighted by Gasteiger charge is 2.32. The summed E-state index contributed by atoms with van der Waals surface area (Å²) in [5.41, 5.74) is 5.26. The number of carbonyl (C=O) groups excluding carboxylic acids is 2. The lowest BCUT2D eigenvalue weighted by atomic mass is 10.1. The molecule has 0 spiro atoms. The molecule has 1 unspecified atom stereocenters. The van der Waals surface area contributed by atoms with E-state index in [1.165, 1.54) is 0 Å². The number of halogens is 3. The largest absolute Gasteiger partial charge is 0.419 e. The number of alkyl halides is 3. The van der Waals surface area contributed by atoms with Gasteiger partial charge < -0.3 is 15.5 Å². The molecule has 0 aliphatic carbocycles. The number of fused-ring (bicyclic) bond motifs is 1. The number of primary amides is 1. The van der Waals surface area contributed by atoms with Crippen LogP contribution in [0.3, 0.4) is 0 Å². The third-order valence-corrected chi connectivity index (χ3v) is 5.65. The number of anilines is 1. The van der Waals surface area contributed by atoms with Gasteiger partial charge in [-0.25, -0.2) is 9.97 Å². The lowest BCUT2D eigenvalue weighted by molar-refractivity contribution is -0.138. The van der Waals surface area contributed by atoms with E-state index < -0.39 is 23.7 Å². The van der Waals surface area contributed by atoms with Gasteiger partial charge in [0.1, 0.15) is 11.6 Å². The zero-order valence-electron chi connectivity index (χ0n) is 17.8. The summed E-state index contributed by atoms with van der Waals surface area (Å²) in [6.07, 6.45) is -0.763. The summed E-state index contributed by atoms with van der Waals surface area (Å²) >= 11 is 0. The van der Waals surface area contributed by atoms with E-state index in [2.05, 4.69) is 15.1 Å². The highest BCUT2D eigenvalue weighted by atomic mass is 19.4. The molecule has 0 saturated carbocycles. The molecule has 1 aliphatic rings. The first kappa shape index (κ1) is 22.5. The van der Waals surface area contributed by atoms with Crippen LogP contribution in [0.1, 0.15) is 35.3 Å². The van der Waals surface area contributed by atoms with Gasteiger partial charge in [0.05, 0.1) is 11.1 Å². The number of nitrogens with two attached hydrogens (primary N) is 1. The van der Waals surface area contributed by atoms with Crippen LogP contribution >= 0.6 is 0 Å². The summed E-state index contributed by atoms with van der Waals surface area (Å²) in [5, 5.41) is 5.17. The van der Waals surface area contributed by atoms with Gasteiger partial charge in [-0.3, -0.25) is 14.3 Å². The fraction of sp³-hybridized carbons (Fsp3) is 0.381. The average Bonchev–Trinajstić information content (AvgIpc) is 3.23. The van der Waals surface area contributed by atoms with Gasteiger partial charge in [0.2, 0.25) is 11.9 Å². The van der Waals surface area contributed by atoms with E-state index >= 15 is 0 Å². The van der Waals surface area contributed by atoms with Crippen LogP contribution in [0.4, 0.5) is 19.1 Å². The maximum atomic E-state index is 13.2. The second-order valence-electron chi connectivity index (χ2n) is 7.72. The highest BCUT2D eigenvalue weighted by Crippen LogP contribution is 2.28. The highest BCUT2D eigenvalue weighted by molar-refractivity contribution is 6.04. The number of carbonyl (C=O) groups is 2. The molecule has 2 N–H and O–H groups in total. The topological polar surface area (TPSA) is 110 Å². The Kier molecular flexibility index (Phi) is 5.91. The number of aromatic nitrogens is 4. The first-order valence-corrected chi connectivity index (χ1v) is 10.4. The Balaban J connectivity index is 1.46. The Morgan fingerprint density at radius 3 is 2.36 bits per heavy atom. The second-order valence-corrected chi connectivity index (χ2v) is 7.72. The van der Waals surface area contributed by atoms with Crippen molar-refractivity contribution < 1.29 is 22.8 Å². The predicted octanol–water partition coefficient (Wildman–Crippen LogP) is 2.24. The summed E-state index contributed by atoms with van der Waals surface area (Å²) in [5.74, 6) is -0.523. The van der Waals surface area contributed by atoms with Crippen LogP contribution in [-0.4, -0.2) is 62.6 Å². The minimum atomic E-state index is -4.49. The molecule has 1 fully saturated rings. The number of amides is 2. The average molecular weight is 461 g/mol. The van der Waals surface area contributed by atoms with Crippen LogP contribution in [0.15, 0.2) is 36.8 Å². The fourth-order valence-corrected chi connectivity index (χ4v) is 3.87. The maximum Gasteiger partial charge on any atom is 0.419 e. The van der Waals surface area contributed by atoms with Crippen LogP contribution in [-0.2, 0) is 11.0 Å². The van der Waals surface area contributed by atoms with Gasteiger partial charge in [-0.05, 0) is 12.5 Å². The van der Waals surface area contributed by atoms with E-state index in [1.807, 2.05) is 6.92 Å². The van der Waals surface area contributed by atoms with E-state index in [9.17, 15) is 22.8 Å². The second kappa shape index (κ2) is 8.68. The molecular formula is C21H22F3N7O2. The van der Waals surface area contributed by atoms with Gasteiger partial charge in [0, 0.05) is 50.2 Å². The SMILES string of the molecule is CCC(C(=O)N1CCN(c2ncc(C(F)(F)F)cn2)CC1)n1cc2cccc(C(N)=O)c2n1. The Morgan fingerprint density at radius 2 is 1.79 bits per heavy atom. The summed E-state index contributed by atoms with van der Waals surface area (Å²) in [6, 6.07) is 4.53. The Bertz CT molecular complexity index is 1170. The zero-order chi connectivity index (χ0) is 23.8. The molecule has 4 rings (SSSR count). The normalized spacial score (nSPS) is 15.6. The van der Waals surface area contributed by atoms with Crippen LogP contribution in [0.25, 0.3) is 10.9 Å². The van der Waals surface area contributed by atoms with Crippen LogP contribution in [0, 0.1) is 0 Å². The minimum Gasteiger partial charge on any atom is -0.366 e. The predicted molar refractivity (Wildman–Crippen MR) is 113 cm³/mol. The van der Waals surface area contributed by atoms with Crippen molar-refractivity contribution in [3.63, 3.8) is 0 Å². The molecule has 1 aliphatic heterocycles. The number of hydrogen-bond acceptors (Lipinski definition) is 6. The van der Waals surface area contributed by atoms with Crippen molar-refractivity contribution in [2.24, 2.45) is 5.73 Å². The molecule has 1 saturated heterocycles. The molecule has 33 heavy (non-hydrogen) atoms. The van der Waals surface area contributed by atoms with Crippen molar-refractivity contribution in [1.82, 2.24) is 24.6 Å². The molecule has 9 nitrogen and oxygen atoms in total. The van der Waals surface area contributed by atoms with Crippen molar-refractivity contribution in [3.8, 4) is 0 Å². The lowest BCUT2D eigenvalue weighted by Gasteiger charge is -2.36. The van der Waals surface area contributed by atoms with E-state index in [1.54, 1.807) is 38.9 Å². The molecule has 2 amide bonds. The van der Waals surface area contributed by atoms with E-state index in [4.69, 9.17) is 5.73 Å². The molecule has 12 heteroatoms. The summed E-state index contributed by atoms with van der Waals surface area (Å²) < 4.78 is 39.7. The van der Waals surface area contributed by atoms with Gasteiger partial charge in [0.25, 0.3) is 5.91 Å². The first-order valence-electron chi connectivity index (χ1n) is 10.4. The first-order chi connectivity index (χ1) is 15.7. The van der Waals surface area contributed by atoms with Crippen LogP contribution in [0.2, 0.25) is 0 Å². The molecule has 3 heterocycles. The van der Waals surface area contributed by atoms with Gasteiger partial charge in [-0.15, -0.1) is 0 Å². The van der Waals surface area contributed by atoms with Crippen molar-refractivity contribution in [2.75, 3.05) is 31.1 Å². The number of benzene rings is 1. The Labute approximate surface area is 187 Å². The van der Waals surface area contributed by atoms with Crippen LogP contribution < -0.4 is 10.6 Å². The number of hydrogen-bond donors (Lipinski definition) is 1. The Morgan fingerprint density at radius 1 is 1.12 bits per heavy atom. The van der Waals surface area contributed by atoms with E-state index in [0.717, 1.165) is 12.4 Å². The molecular weight excluding hydrogens is 439 g/mol. The van der Waals surface area contributed by atoms with Crippen molar-refractivity contribution in [3.05, 3.63) is 47.9 Å². The van der Waals surface area contributed by atoms with Crippen molar-refractivity contribution in [1.29, 1.82) is 0 Å². The number of piperazine rings is 1. The van der Waals surface area contributed by atoms with Gasteiger partial charge >= 0.3 is 6.18 Å². The standard InChI is InChI=1S/C21H22F3N7O2/c1-2-16(31-12-13-4-3-5-15(18(25)32)17(13)28-31)19(33)29-6-8-30(9-7-29)20-26-10-14(11-27-20)21(22,23)24/h3-5,10-12,16H,2,6-9H2,1H3,(H2,25,32). The van der Waals surface area contributed by atoms with E-state index in [-0.39, 0.29) is 11.9 Å². The third-order valence-electron chi connectivity index (χ3n) is 5.65. The summed E-state index contributed by atoms with van der Waals surface area (Å²) in [6.45, 7) is 3.39. The lowest BCUT2D eigenvalue weighted by Crippen LogP contribution is -2.51.